The van der Waals surface area contributed by atoms with E-state index in [1.807, 2.05) is 61.5 Å². The van der Waals surface area contributed by atoms with Crippen LogP contribution in [0.25, 0.3) is 6.08 Å². The third kappa shape index (κ3) is 3.30. The second-order valence-electron chi connectivity index (χ2n) is 5.13. The van der Waals surface area contributed by atoms with Crippen molar-refractivity contribution in [1.29, 1.82) is 0 Å². The van der Waals surface area contributed by atoms with Crippen LogP contribution in [0.4, 0.5) is 5.69 Å². The number of nitrogens with zero attached hydrogens (tertiary/aromatic N) is 1. The number of rotatable bonds is 3. The molecule has 0 N–H and O–H groups in total. The van der Waals surface area contributed by atoms with Gasteiger partial charge in [-0.05, 0) is 42.8 Å². The van der Waals surface area contributed by atoms with E-state index in [-0.39, 0.29) is 5.91 Å². The van der Waals surface area contributed by atoms with Gasteiger partial charge < -0.3 is 4.74 Å². The van der Waals surface area contributed by atoms with E-state index in [2.05, 4.69) is 0 Å². The van der Waals surface area contributed by atoms with Gasteiger partial charge in [0, 0.05) is 0 Å². The monoisotopic (exact) mass is 341 g/mol. The van der Waals surface area contributed by atoms with Crippen molar-refractivity contribution >= 4 is 46.0 Å². The number of thioether (sulfide) groups is 1. The lowest BCUT2D eigenvalue weighted by atomic mass is 10.2. The first kappa shape index (κ1) is 15.8. The van der Waals surface area contributed by atoms with Gasteiger partial charge in [-0.25, -0.2) is 0 Å². The molecule has 0 radical (unpaired) electrons. The van der Waals surface area contributed by atoms with Crippen LogP contribution in [-0.2, 0) is 4.79 Å². The molecule has 1 fully saturated rings. The zero-order chi connectivity index (χ0) is 16.4. The molecule has 0 atom stereocenters. The average Bonchev–Trinajstić information content (AvgIpc) is 2.83. The summed E-state index contributed by atoms with van der Waals surface area (Å²) in [6.45, 7) is 2.01. The summed E-state index contributed by atoms with van der Waals surface area (Å²) >= 11 is 6.69. The standard InChI is InChI=1S/C18H15NO2S2/c1-12-6-8-14(9-7-12)19-17(20)16(23-18(19)22)11-13-4-3-5-15(10-13)21-2/h3-11H,1-2H3. The summed E-state index contributed by atoms with van der Waals surface area (Å²) in [6.07, 6.45) is 1.84. The molecule has 1 aliphatic rings. The van der Waals surface area contributed by atoms with Crippen molar-refractivity contribution in [3.8, 4) is 5.75 Å². The Hall–Kier alpha value is -2.11. The van der Waals surface area contributed by atoms with E-state index in [1.165, 1.54) is 11.8 Å². The first-order valence-corrected chi connectivity index (χ1v) is 8.29. The first-order chi connectivity index (χ1) is 11.1. The molecule has 0 aliphatic carbocycles. The summed E-state index contributed by atoms with van der Waals surface area (Å²) in [7, 11) is 1.62. The van der Waals surface area contributed by atoms with Crippen molar-refractivity contribution in [3.63, 3.8) is 0 Å². The molecule has 1 aliphatic heterocycles. The highest BCUT2D eigenvalue weighted by molar-refractivity contribution is 8.27. The lowest BCUT2D eigenvalue weighted by Crippen LogP contribution is -2.27. The van der Waals surface area contributed by atoms with E-state index in [0.717, 1.165) is 22.6 Å². The third-order valence-electron chi connectivity index (χ3n) is 3.48. The Labute approximate surface area is 144 Å². The van der Waals surface area contributed by atoms with Crippen molar-refractivity contribution in [2.24, 2.45) is 0 Å². The highest BCUT2D eigenvalue weighted by atomic mass is 32.2. The van der Waals surface area contributed by atoms with Crippen LogP contribution < -0.4 is 9.64 Å². The number of carbonyl (C=O) groups is 1. The van der Waals surface area contributed by atoms with Gasteiger partial charge in [-0.15, -0.1) is 0 Å². The number of hydrogen-bond acceptors (Lipinski definition) is 4. The summed E-state index contributed by atoms with van der Waals surface area (Å²) in [5.74, 6) is 0.666. The molecule has 5 heteroatoms. The predicted octanol–water partition coefficient (Wildman–Crippen LogP) is 4.41. The van der Waals surface area contributed by atoms with Crippen molar-refractivity contribution in [1.82, 2.24) is 0 Å². The fourth-order valence-electron chi connectivity index (χ4n) is 2.27. The minimum Gasteiger partial charge on any atom is -0.497 e. The van der Waals surface area contributed by atoms with Gasteiger partial charge in [-0.2, -0.15) is 0 Å². The number of amides is 1. The molecule has 0 bridgehead atoms. The second-order valence-corrected chi connectivity index (χ2v) is 6.81. The van der Waals surface area contributed by atoms with Crippen molar-refractivity contribution in [2.75, 3.05) is 12.0 Å². The van der Waals surface area contributed by atoms with Gasteiger partial charge in [-0.3, -0.25) is 9.69 Å². The van der Waals surface area contributed by atoms with Crippen molar-refractivity contribution < 1.29 is 9.53 Å². The Morgan fingerprint density at radius 3 is 2.61 bits per heavy atom. The zero-order valence-corrected chi connectivity index (χ0v) is 14.4. The lowest BCUT2D eigenvalue weighted by Gasteiger charge is -2.14. The number of methoxy groups -OCH3 is 1. The third-order valence-corrected chi connectivity index (χ3v) is 4.78. The van der Waals surface area contributed by atoms with Crippen molar-refractivity contribution in [3.05, 3.63) is 64.6 Å². The fourth-order valence-corrected chi connectivity index (χ4v) is 3.57. The number of aryl methyl sites for hydroxylation is 1. The normalized spacial score (nSPS) is 16.3. The summed E-state index contributed by atoms with van der Waals surface area (Å²) in [5.41, 5.74) is 2.85. The van der Waals surface area contributed by atoms with E-state index < -0.39 is 0 Å². The first-order valence-electron chi connectivity index (χ1n) is 7.07. The molecule has 3 nitrogen and oxygen atoms in total. The Balaban J connectivity index is 1.91. The molecule has 2 aromatic rings. The Bertz CT molecular complexity index is 797. The summed E-state index contributed by atoms with van der Waals surface area (Å²) < 4.78 is 5.76. The molecule has 3 rings (SSSR count). The molecular formula is C18H15NO2S2. The molecule has 116 valence electrons. The van der Waals surface area contributed by atoms with Gasteiger partial charge in [0.05, 0.1) is 17.7 Å². The quantitative estimate of drug-likeness (QED) is 0.611. The number of benzene rings is 2. The highest BCUT2D eigenvalue weighted by Crippen LogP contribution is 2.36. The number of hydrogen-bond donors (Lipinski definition) is 0. The van der Waals surface area contributed by atoms with Crippen LogP contribution in [0.1, 0.15) is 11.1 Å². The second kappa shape index (κ2) is 6.56. The van der Waals surface area contributed by atoms with E-state index in [0.29, 0.717) is 9.23 Å². The van der Waals surface area contributed by atoms with Crippen LogP contribution in [-0.4, -0.2) is 17.3 Å². The minimum atomic E-state index is -0.0910. The molecule has 0 unspecified atom stereocenters. The van der Waals surface area contributed by atoms with Gasteiger partial charge in [-0.1, -0.05) is 53.8 Å². The maximum Gasteiger partial charge on any atom is 0.270 e. The van der Waals surface area contributed by atoms with Gasteiger partial charge >= 0.3 is 0 Å². The Kier molecular flexibility index (Phi) is 4.50. The van der Waals surface area contributed by atoms with Crippen LogP contribution in [0.15, 0.2) is 53.4 Å². The van der Waals surface area contributed by atoms with E-state index in [1.54, 1.807) is 12.0 Å². The predicted molar refractivity (Wildman–Crippen MR) is 99.8 cm³/mol. The lowest BCUT2D eigenvalue weighted by molar-refractivity contribution is -0.113. The zero-order valence-electron chi connectivity index (χ0n) is 12.8. The highest BCUT2D eigenvalue weighted by Gasteiger charge is 2.33. The van der Waals surface area contributed by atoms with Crippen LogP contribution >= 0.6 is 24.0 Å². The molecule has 23 heavy (non-hydrogen) atoms. The average molecular weight is 341 g/mol. The fraction of sp³-hybridized carbons (Fsp3) is 0.111. The van der Waals surface area contributed by atoms with Crippen LogP contribution in [0, 0.1) is 6.92 Å². The van der Waals surface area contributed by atoms with E-state index in [9.17, 15) is 4.79 Å². The van der Waals surface area contributed by atoms with Gasteiger partial charge in [0.1, 0.15) is 5.75 Å². The number of ether oxygens (including phenoxy) is 1. The largest absolute Gasteiger partial charge is 0.497 e. The van der Waals surface area contributed by atoms with E-state index >= 15 is 0 Å². The maximum absolute atomic E-state index is 12.7. The van der Waals surface area contributed by atoms with Gasteiger partial charge in [0.25, 0.3) is 5.91 Å². The number of carbonyl (C=O) groups excluding carboxylic acids is 1. The Morgan fingerprint density at radius 2 is 1.91 bits per heavy atom. The van der Waals surface area contributed by atoms with Crippen LogP contribution in [0.5, 0.6) is 5.75 Å². The van der Waals surface area contributed by atoms with Gasteiger partial charge in [0.15, 0.2) is 4.32 Å². The molecule has 2 aromatic carbocycles. The topological polar surface area (TPSA) is 29.5 Å². The summed E-state index contributed by atoms with van der Waals surface area (Å²) in [4.78, 5) is 14.9. The number of thiocarbonyl (C=S) groups is 1. The van der Waals surface area contributed by atoms with Crippen LogP contribution in [0.2, 0.25) is 0 Å². The Morgan fingerprint density at radius 1 is 1.17 bits per heavy atom. The van der Waals surface area contributed by atoms with Crippen molar-refractivity contribution in [2.45, 2.75) is 6.92 Å². The summed E-state index contributed by atoms with van der Waals surface area (Å²) in [5, 5.41) is 0. The smallest absolute Gasteiger partial charge is 0.270 e. The molecule has 1 heterocycles. The van der Waals surface area contributed by atoms with E-state index in [4.69, 9.17) is 17.0 Å². The molecule has 0 saturated carbocycles. The summed E-state index contributed by atoms with van der Waals surface area (Å²) in [6, 6.07) is 15.3. The minimum absolute atomic E-state index is 0.0910. The molecule has 1 saturated heterocycles. The molecule has 0 spiro atoms. The maximum atomic E-state index is 12.7. The van der Waals surface area contributed by atoms with Gasteiger partial charge in [0.2, 0.25) is 0 Å². The number of anilines is 1. The molecule has 0 aromatic heterocycles. The van der Waals surface area contributed by atoms with Crippen LogP contribution in [0.3, 0.4) is 0 Å². The molecular weight excluding hydrogens is 326 g/mol. The SMILES string of the molecule is COc1cccc(C=C2SC(=S)N(c3ccc(C)cc3)C2=O)c1. The molecule has 1 amide bonds.